The second-order valence-corrected chi connectivity index (χ2v) is 3.77. The van der Waals surface area contributed by atoms with Crippen LogP contribution in [0, 0.1) is 0 Å². The number of H-pyrrole nitrogens is 1. The third-order valence-corrected chi connectivity index (χ3v) is 2.56. The van der Waals surface area contributed by atoms with E-state index in [1.165, 1.54) is 19.5 Å². The van der Waals surface area contributed by atoms with E-state index in [1.54, 1.807) is 24.3 Å². The fraction of sp³-hybridized carbons (Fsp3) is 0.0769. The summed E-state index contributed by atoms with van der Waals surface area (Å²) >= 11 is 0. The highest BCUT2D eigenvalue weighted by Gasteiger charge is 2.14. The molecule has 0 aliphatic heterocycles. The molecule has 0 saturated heterocycles. The van der Waals surface area contributed by atoms with Gasteiger partial charge < -0.3 is 20.1 Å². The molecule has 3 N–H and O–H groups in total. The third-order valence-electron chi connectivity index (χ3n) is 2.56. The number of aromatic carboxylic acids is 1. The number of carboxylic acids is 1. The number of hydrogen-bond acceptors (Lipinski definition) is 3. The number of aromatic amines is 1. The lowest BCUT2D eigenvalue weighted by Crippen LogP contribution is -2.13. The van der Waals surface area contributed by atoms with Crippen molar-refractivity contribution in [2.24, 2.45) is 0 Å². The maximum Gasteiger partial charge on any atom is 0.339 e. The number of methoxy groups -OCH3 is 1. The molecule has 19 heavy (non-hydrogen) atoms. The van der Waals surface area contributed by atoms with Crippen LogP contribution in [0.3, 0.4) is 0 Å². The molecule has 0 radical (unpaired) electrons. The average molecular weight is 260 g/mol. The van der Waals surface area contributed by atoms with Crippen LogP contribution in [0.1, 0.15) is 20.7 Å². The summed E-state index contributed by atoms with van der Waals surface area (Å²) in [5.74, 6) is -0.955. The van der Waals surface area contributed by atoms with Crippen LogP contribution >= 0.6 is 0 Å². The number of amides is 1. The Kier molecular flexibility index (Phi) is 3.51. The smallest absolute Gasteiger partial charge is 0.339 e. The summed E-state index contributed by atoms with van der Waals surface area (Å²) < 4.78 is 5.02. The van der Waals surface area contributed by atoms with Gasteiger partial charge in [0.1, 0.15) is 11.3 Å². The maximum atomic E-state index is 12.0. The Balaban J connectivity index is 2.20. The van der Waals surface area contributed by atoms with Gasteiger partial charge in [0, 0.05) is 18.0 Å². The van der Waals surface area contributed by atoms with E-state index in [0.717, 1.165) is 0 Å². The second kappa shape index (κ2) is 5.26. The van der Waals surface area contributed by atoms with Crippen LogP contribution in [0.5, 0.6) is 5.75 Å². The third kappa shape index (κ3) is 2.74. The van der Waals surface area contributed by atoms with Crippen LogP contribution < -0.4 is 10.1 Å². The van der Waals surface area contributed by atoms with E-state index in [4.69, 9.17) is 9.84 Å². The number of carboxylic acid groups (broad SMARTS) is 1. The Hall–Kier alpha value is -2.76. The SMILES string of the molecule is COc1cccc(C(=O)Nc2c[nH]cc2C(=O)O)c1. The minimum atomic E-state index is -1.11. The zero-order chi connectivity index (χ0) is 13.8. The van der Waals surface area contributed by atoms with Crippen LogP contribution in [-0.4, -0.2) is 29.1 Å². The topological polar surface area (TPSA) is 91.4 Å². The lowest BCUT2D eigenvalue weighted by Gasteiger charge is -2.06. The second-order valence-electron chi connectivity index (χ2n) is 3.77. The maximum absolute atomic E-state index is 12.0. The first-order valence-electron chi connectivity index (χ1n) is 5.47. The Morgan fingerprint density at radius 1 is 1.32 bits per heavy atom. The number of hydrogen-bond donors (Lipinski definition) is 3. The molecule has 0 fully saturated rings. The summed E-state index contributed by atoms with van der Waals surface area (Å²) in [4.78, 5) is 25.5. The summed E-state index contributed by atoms with van der Waals surface area (Å²) in [6, 6.07) is 6.59. The Morgan fingerprint density at radius 3 is 2.79 bits per heavy atom. The van der Waals surface area contributed by atoms with Crippen molar-refractivity contribution < 1.29 is 19.4 Å². The van der Waals surface area contributed by atoms with Crippen molar-refractivity contribution in [3.63, 3.8) is 0 Å². The summed E-state index contributed by atoms with van der Waals surface area (Å²) in [5, 5.41) is 11.5. The van der Waals surface area contributed by atoms with Crippen molar-refractivity contribution in [1.29, 1.82) is 0 Å². The van der Waals surface area contributed by atoms with Crippen molar-refractivity contribution in [2.45, 2.75) is 0 Å². The van der Waals surface area contributed by atoms with Gasteiger partial charge in [-0.1, -0.05) is 6.07 Å². The Labute approximate surface area is 109 Å². The number of rotatable bonds is 4. The van der Waals surface area contributed by atoms with Gasteiger partial charge >= 0.3 is 5.97 Å². The van der Waals surface area contributed by atoms with Crippen LogP contribution in [0.25, 0.3) is 0 Å². The Bertz CT molecular complexity index is 619. The fourth-order valence-corrected chi connectivity index (χ4v) is 1.60. The molecule has 2 rings (SSSR count). The molecule has 0 bridgehead atoms. The average Bonchev–Trinajstić information content (AvgIpc) is 2.87. The molecule has 6 nitrogen and oxygen atoms in total. The molecule has 1 aromatic heterocycles. The van der Waals surface area contributed by atoms with E-state index in [0.29, 0.717) is 11.3 Å². The van der Waals surface area contributed by atoms with E-state index < -0.39 is 11.9 Å². The molecule has 1 aromatic carbocycles. The van der Waals surface area contributed by atoms with Crippen LogP contribution in [0.4, 0.5) is 5.69 Å². The van der Waals surface area contributed by atoms with Crippen molar-refractivity contribution >= 4 is 17.6 Å². The number of carbonyl (C=O) groups excluding carboxylic acids is 1. The van der Waals surface area contributed by atoms with Crippen molar-refractivity contribution in [2.75, 3.05) is 12.4 Å². The minimum Gasteiger partial charge on any atom is -0.497 e. The van der Waals surface area contributed by atoms with E-state index in [2.05, 4.69) is 10.3 Å². The van der Waals surface area contributed by atoms with Gasteiger partial charge in [0.05, 0.1) is 12.8 Å². The highest BCUT2D eigenvalue weighted by molar-refractivity contribution is 6.07. The molecule has 0 aliphatic rings. The first kappa shape index (κ1) is 12.7. The summed E-state index contributed by atoms with van der Waals surface area (Å²) in [6.45, 7) is 0. The van der Waals surface area contributed by atoms with Gasteiger partial charge in [0.2, 0.25) is 0 Å². The molecule has 2 aromatic rings. The van der Waals surface area contributed by atoms with E-state index in [9.17, 15) is 9.59 Å². The van der Waals surface area contributed by atoms with Crippen molar-refractivity contribution in [3.05, 3.63) is 47.8 Å². The normalized spacial score (nSPS) is 9.95. The van der Waals surface area contributed by atoms with E-state index >= 15 is 0 Å². The Morgan fingerprint density at radius 2 is 2.11 bits per heavy atom. The molecule has 0 atom stereocenters. The molecule has 0 spiro atoms. The first-order valence-corrected chi connectivity index (χ1v) is 5.47. The van der Waals surface area contributed by atoms with Crippen LogP contribution in [0.15, 0.2) is 36.7 Å². The molecule has 1 amide bonds. The molecular weight excluding hydrogens is 248 g/mol. The molecule has 0 saturated carbocycles. The van der Waals surface area contributed by atoms with Crippen molar-refractivity contribution in [3.8, 4) is 5.75 Å². The molecule has 1 heterocycles. The number of nitrogens with one attached hydrogen (secondary N) is 2. The molecule has 0 aliphatic carbocycles. The van der Waals surface area contributed by atoms with Gasteiger partial charge in [-0.3, -0.25) is 4.79 Å². The number of aromatic nitrogens is 1. The highest BCUT2D eigenvalue weighted by atomic mass is 16.5. The number of carbonyl (C=O) groups is 2. The number of benzene rings is 1. The van der Waals surface area contributed by atoms with Gasteiger partial charge in [0.15, 0.2) is 0 Å². The lowest BCUT2D eigenvalue weighted by atomic mass is 10.2. The zero-order valence-corrected chi connectivity index (χ0v) is 10.1. The van der Waals surface area contributed by atoms with Gasteiger partial charge in [-0.25, -0.2) is 4.79 Å². The first-order chi connectivity index (χ1) is 9.11. The highest BCUT2D eigenvalue weighted by Crippen LogP contribution is 2.17. The zero-order valence-electron chi connectivity index (χ0n) is 10.1. The lowest BCUT2D eigenvalue weighted by molar-refractivity contribution is 0.0698. The van der Waals surface area contributed by atoms with Crippen molar-refractivity contribution in [1.82, 2.24) is 4.98 Å². The summed E-state index contributed by atoms with van der Waals surface area (Å²) in [5.41, 5.74) is 0.619. The number of ether oxygens (including phenoxy) is 1. The quantitative estimate of drug-likeness (QED) is 0.783. The van der Waals surface area contributed by atoms with Crippen LogP contribution in [-0.2, 0) is 0 Å². The van der Waals surface area contributed by atoms with Gasteiger partial charge in [0.25, 0.3) is 5.91 Å². The minimum absolute atomic E-state index is 0.0104. The number of anilines is 1. The van der Waals surface area contributed by atoms with Gasteiger partial charge in [-0.15, -0.1) is 0 Å². The standard InChI is InChI=1S/C13H12N2O4/c1-19-9-4-2-3-8(5-9)12(16)15-11-7-14-6-10(11)13(17)18/h2-7,14H,1H3,(H,15,16)(H,17,18). The molecular formula is C13H12N2O4. The van der Waals surface area contributed by atoms with E-state index in [-0.39, 0.29) is 11.3 Å². The summed E-state index contributed by atoms with van der Waals surface area (Å²) in [7, 11) is 1.51. The monoisotopic (exact) mass is 260 g/mol. The van der Waals surface area contributed by atoms with E-state index in [1.807, 2.05) is 0 Å². The molecule has 98 valence electrons. The predicted molar refractivity (Wildman–Crippen MR) is 68.7 cm³/mol. The van der Waals surface area contributed by atoms with Gasteiger partial charge in [-0.05, 0) is 18.2 Å². The summed E-state index contributed by atoms with van der Waals surface area (Å²) in [6.07, 6.45) is 2.73. The van der Waals surface area contributed by atoms with Gasteiger partial charge in [-0.2, -0.15) is 0 Å². The molecule has 6 heteroatoms. The predicted octanol–water partition coefficient (Wildman–Crippen LogP) is 1.97. The molecule has 0 unspecified atom stereocenters. The fourth-order valence-electron chi connectivity index (χ4n) is 1.60. The largest absolute Gasteiger partial charge is 0.497 e. The van der Waals surface area contributed by atoms with Crippen LogP contribution in [0.2, 0.25) is 0 Å².